The monoisotopic (exact) mass is 312 g/mol. The quantitative estimate of drug-likeness (QED) is 0.727. The van der Waals surface area contributed by atoms with Gasteiger partial charge in [0.2, 0.25) is 0 Å². The molecule has 0 atom stereocenters. The molecule has 2 rings (SSSR count). The third-order valence-corrected chi connectivity index (χ3v) is 5.96. The number of benzene rings is 1. The van der Waals surface area contributed by atoms with E-state index in [4.69, 9.17) is 0 Å². The van der Waals surface area contributed by atoms with E-state index >= 15 is 0 Å². The van der Waals surface area contributed by atoms with Gasteiger partial charge in [0.05, 0.1) is 0 Å². The highest BCUT2D eigenvalue weighted by Crippen LogP contribution is 2.22. The molecule has 0 N–H and O–H groups in total. The smallest absolute Gasteiger partial charge is 0.129 e. The molecule has 94 valence electrons. The molecule has 1 fully saturated rings. The van der Waals surface area contributed by atoms with Gasteiger partial charge in [0.15, 0.2) is 0 Å². The molecule has 2 heteroatoms. The Hall–Kier alpha value is -0.210. The van der Waals surface area contributed by atoms with Gasteiger partial charge in [-0.25, -0.2) is 0 Å². The zero-order valence-corrected chi connectivity index (χ0v) is 13.1. The molecule has 0 unspecified atom stereocenters. The van der Waals surface area contributed by atoms with Crippen LogP contribution in [0.5, 0.6) is 0 Å². The summed E-state index contributed by atoms with van der Waals surface area (Å²) < 4.78 is 0. The van der Waals surface area contributed by atoms with Crippen molar-refractivity contribution in [3.63, 3.8) is 0 Å². The van der Waals surface area contributed by atoms with Crippen LogP contribution in [-0.2, 0) is 10.9 Å². The largest absolute Gasteiger partial charge is 1.00 e. The highest BCUT2D eigenvalue weighted by atomic mass is 79.9. The van der Waals surface area contributed by atoms with E-state index in [0.717, 1.165) is 0 Å². The first kappa shape index (κ1) is 14.8. The van der Waals surface area contributed by atoms with E-state index in [2.05, 4.69) is 44.2 Å². The summed E-state index contributed by atoms with van der Waals surface area (Å²) in [6, 6.07) is 10.8. The average molecular weight is 313 g/mol. The highest BCUT2D eigenvalue weighted by Gasteiger charge is 2.24. The summed E-state index contributed by atoms with van der Waals surface area (Å²) in [6.45, 7) is 4.58. The van der Waals surface area contributed by atoms with Gasteiger partial charge in [0.25, 0.3) is 0 Å². The predicted octanol–water partition coefficient (Wildman–Crippen LogP) is 0.896. The predicted molar refractivity (Wildman–Crippen MR) is 75.9 cm³/mol. The van der Waals surface area contributed by atoms with Crippen molar-refractivity contribution < 1.29 is 17.0 Å². The van der Waals surface area contributed by atoms with Crippen LogP contribution in [0.1, 0.15) is 32.3 Å². The summed E-state index contributed by atoms with van der Waals surface area (Å²) in [5, 5.41) is 0. The summed E-state index contributed by atoms with van der Waals surface area (Å²) in [5.41, 5.74) is 4.47. The first-order valence-corrected chi connectivity index (χ1v) is 7.86. The minimum absolute atomic E-state index is 0. The fourth-order valence-electron chi connectivity index (χ4n) is 2.21. The lowest BCUT2D eigenvalue weighted by Crippen LogP contribution is -3.00. The van der Waals surface area contributed by atoms with Gasteiger partial charge in [0, 0.05) is 0 Å². The maximum Gasteiger partial charge on any atom is 0.129 e. The number of hydrogen-bond acceptors (Lipinski definition) is 0. The summed E-state index contributed by atoms with van der Waals surface area (Å²) in [5.74, 6) is 4.28. The van der Waals surface area contributed by atoms with Crippen LogP contribution in [0.15, 0.2) is 35.9 Å². The van der Waals surface area contributed by atoms with Gasteiger partial charge in [-0.15, -0.1) is 0 Å². The van der Waals surface area contributed by atoms with Crippen molar-refractivity contribution in [3.05, 3.63) is 41.5 Å². The van der Waals surface area contributed by atoms with Crippen molar-refractivity contribution in [2.45, 2.75) is 26.7 Å². The first-order valence-electron chi connectivity index (χ1n) is 6.13. The topological polar surface area (TPSA) is 0 Å². The average Bonchev–Trinajstić information content (AvgIpc) is 2.82. The Bertz CT molecular complexity index is 364. The number of rotatable bonds is 3. The van der Waals surface area contributed by atoms with Crippen molar-refractivity contribution in [1.82, 2.24) is 0 Å². The molecule has 17 heavy (non-hydrogen) atoms. The first-order chi connectivity index (χ1) is 7.77. The third-order valence-electron chi connectivity index (χ3n) is 3.38. The SMILES string of the molecule is C/C(C[S+]1CCCC1)=C(\C)c1ccccc1.[Br-]. The minimum Gasteiger partial charge on any atom is -1.00 e. The maximum atomic E-state index is 2.31. The molecule has 1 aromatic carbocycles. The zero-order valence-electron chi connectivity index (χ0n) is 10.7. The summed E-state index contributed by atoms with van der Waals surface area (Å²) in [6.07, 6.45) is 2.92. The molecule has 1 aliphatic heterocycles. The van der Waals surface area contributed by atoms with Crippen LogP contribution in [0, 0.1) is 0 Å². The molecule has 0 aliphatic carbocycles. The Labute approximate surface area is 119 Å². The highest BCUT2D eigenvalue weighted by molar-refractivity contribution is 7.97. The van der Waals surface area contributed by atoms with Gasteiger partial charge >= 0.3 is 0 Å². The summed E-state index contributed by atoms with van der Waals surface area (Å²) >= 11 is 0. The van der Waals surface area contributed by atoms with Gasteiger partial charge in [-0.1, -0.05) is 30.3 Å². The van der Waals surface area contributed by atoms with Gasteiger partial charge < -0.3 is 17.0 Å². The Morgan fingerprint density at radius 2 is 1.65 bits per heavy atom. The minimum atomic E-state index is 0. The van der Waals surface area contributed by atoms with Gasteiger partial charge in [0.1, 0.15) is 17.3 Å². The lowest BCUT2D eigenvalue weighted by atomic mass is 10.0. The number of hydrogen-bond donors (Lipinski definition) is 0. The lowest BCUT2D eigenvalue weighted by molar-refractivity contribution is -0.00000339. The van der Waals surface area contributed by atoms with Gasteiger partial charge in [-0.05, 0) is 54.3 Å². The van der Waals surface area contributed by atoms with Crippen molar-refractivity contribution in [2.24, 2.45) is 0 Å². The molecule has 1 aliphatic rings. The molecule has 0 nitrogen and oxygen atoms in total. The van der Waals surface area contributed by atoms with E-state index in [9.17, 15) is 0 Å². The number of allylic oxidation sites excluding steroid dienone is 1. The van der Waals surface area contributed by atoms with E-state index in [1.807, 2.05) is 0 Å². The van der Waals surface area contributed by atoms with Crippen LogP contribution in [-0.4, -0.2) is 17.3 Å². The van der Waals surface area contributed by atoms with Gasteiger partial charge in [-0.2, -0.15) is 0 Å². The van der Waals surface area contributed by atoms with E-state index < -0.39 is 0 Å². The lowest BCUT2D eigenvalue weighted by Gasteiger charge is -2.07. The molecule has 0 radical (unpaired) electrons. The fraction of sp³-hybridized carbons (Fsp3) is 0.467. The van der Waals surface area contributed by atoms with Crippen molar-refractivity contribution in [2.75, 3.05) is 17.3 Å². The fourth-order valence-corrected chi connectivity index (χ4v) is 4.75. The zero-order chi connectivity index (χ0) is 11.4. The van der Waals surface area contributed by atoms with E-state index in [1.165, 1.54) is 41.2 Å². The van der Waals surface area contributed by atoms with E-state index in [1.54, 1.807) is 5.57 Å². The molecule has 0 aromatic heterocycles. The molecular weight excluding hydrogens is 292 g/mol. The molecule has 0 spiro atoms. The van der Waals surface area contributed by atoms with Gasteiger partial charge in [-0.3, -0.25) is 0 Å². The Balaban J connectivity index is 0.00000144. The second kappa shape index (κ2) is 7.27. The Morgan fingerprint density at radius 1 is 1.06 bits per heavy atom. The van der Waals surface area contributed by atoms with Crippen molar-refractivity contribution in [3.8, 4) is 0 Å². The summed E-state index contributed by atoms with van der Waals surface area (Å²) in [7, 11) is 0.690. The van der Waals surface area contributed by atoms with Crippen LogP contribution in [0.4, 0.5) is 0 Å². The maximum absolute atomic E-state index is 2.31. The molecule has 0 bridgehead atoms. The Morgan fingerprint density at radius 3 is 2.24 bits per heavy atom. The van der Waals surface area contributed by atoms with E-state index in [-0.39, 0.29) is 17.0 Å². The molecule has 1 heterocycles. The Kier molecular flexibility index (Phi) is 6.35. The van der Waals surface area contributed by atoms with Crippen LogP contribution in [0.3, 0.4) is 0 Å². The second-order valence-corrected chi connectivity index (χ2v) is 6.97. The normalized spacial score (nSPS) is 17.5. The third kappa shape index (κ3) is 4.18. The number of halogens is 1. The van der Waals surface area contributed by atoms with Crippen LogP contribution < -0.4 is 17.0 Å². The van der Waals surface area contributed by atoms with Crippen LogP contribution >= 0.6 is 0 Å². The van der Waals surface area contributed by atoms with Crippen molar-refractivity contribution >= 4 is 16.5 Å². The van der Waals surface area contributed by atoms with E-state index in [0.29, 0.717) is 10.9 Å². The van der Waals surface area contributed by atoms with Crippen LogP contribution in [0.2, 0.25) is 0 Å². The summed E-state index contributed by atoms with van der Waals surface area (Å²) in [4.78, 5) is 0. The molecule has 1 saturated heterocycles. The molecule has 0 saturated carbocycles. The molecule has 0 amide bonds. The van der Waals surface area contributed by atoms with Crippen molar-refractivity contribution in [1.29, 1.82) is 0 Å². The second-order valence-electron chi connectivity index (χ2n) is 4.64. The van der Waals surface area contributed by atoms with Crippen LogP contribution in [0.25, 0.3) is 5.57 Å². The molecule has 1 aromatic rings. The molecular formula is C15H21BrS. The standard InChI is InChI=1S/C15H21S.BrH/c1-13(12-16-10-6-7-11-16)14(2)15-8-4-3-5-9-15;/h3-5,8-9H,6-7,10-12H2,1-2H3;1H/q+1;/p-1/b14-13-;.